The van der Waals surface area contributed by atoms with E-state index in [1.165, 1.54) is 4.90 Å². The summed E-state index contributed by atoms with van der Waals surface area (Å²) >= 11 is 0. The van der Waals surface area contributed by atoms with Gasteiger partial charge in [0.05, 0.1) is 6.54 Å². The van der Waals surface area contributed by atoms with Gasteiger partial charge in [0.1, 0.15) is 0 Å². The Balaban J connectivity index is 2.07. The second-order valence-electron chi connectivity index (χ2n) is 5.16. The van der Waals surface area contributed by atoms with Crippen LogP contribution in [-0.4, -0.2) is 41.3 Å². The van der Waals surface area contributed by atoms with Gasteiger partial charge in [0.15, 0.2) is 0 Å². The van der Waals surface area contributed by atoms with E-state index in [0.29, 0.717) is 5.56 Å². The number of hydrogen-bond donors (Lipinski definition) is 2. The molecule has 5 heteroatoms. The molecule has 2 rings (SSSR count). The number of fused-ring (bicyclic) bond motifs is 1. The maximum atomic E-state index is 12.3. The van der Waals surface area contributed by atoms with E-state index in [0.717, 1.165) is 10.9 Å². The van der Waals surface area contributed by atoms with Crippen LogP contribution in [0.25, 0.3) is 10.9 Å². The first-order chi connectivity index (χ1) is 9.47. The lowest BCUT2D eigenvalue weighted by atomic mass is 10.1. The molecule has 0 radical (unpaired) electrons. The Bertz CT molecular complexity index is 631. The number of aromatic nitrogens is 1. The first kappa shape index (κ1) is 14.1. The first-order valence-corrected chi connectivity index (χ1v) is 6.59. The van der Waals surface area contributed by atoms with Gasteiger partial charge in [-0.05, 0) is 38.1 Å². The predicted molar refractivity (Wildman–Crippen MR) is 78.5 cm³/mol. The molecule has 106 valence electrons. The van der Waals surface area contributed by atoms with Crippen LogP contribution in [0, 0.1) is 0 Å². The maximum Gasteiger partial charge on any atom is 0.254 e. The fraction of sp³-hybridized carbons (Fsp3) is 0.333. The maximum absolute atomic E-state index is 12.3. The van der Waals surface area contributed by atoms with Crippen LogP contribution in [0.1, 0.15) is 24.2 Å². The summed E-state index contributed by atoms with van der Waals surface area (Å²) in [5, 5.41) is 3.75. The average Bonchev–Trinajstić information content (AvgIpc) is 2.83. The van der Waals surface area contributed by atoms with E-state index in [2.05, 4.69) is 10.3 Å². The summed E-state index contributed by atoms with van der Waals surface area (Å²) in [6.45, 7) is 3.83. The fourth-order valence-corrected chi connectivity index (χ4v) is 2.06. The van der Waals surface area contributed by atoms with Crippen molar-refractivity contribution in [3.05, 3.63) is 36.0 Å². The average molecular weight is 273 g/mol. The smallest absolute Gasteiger partial charge is 0.254 e. The predicted octanol–water partition coefficient (Wildman–Crippen LogP) is 1.76. The molecular weight excluding hydrogens is 254 g/mol. The fourth-order valence-electron chi connectivity index (χ4n) is 2.06. The van der Waals surface area contributed by atoms with Crippen molar-refractivity contribution in [3.8, 4) is 0 Å². The number of likely N-dealkylation sites (N-methyl/N-ethyl adjacent to an activating group) is 1. The highest BCUT2D eigenvalue weighted by Gasteiger charge is 2.15. The Kier molecular flexibility index (Phi) is 4.08. The van der Waals surface area contributed by atoms with Crippen molar-refractivity contribution in [1.82, 2.24) is 15.2 Å². The molecular formula is C15H19N3O2. The third-order valence-electron chi connectivity index (χ3n) is 2.98. The van der Waals surface area contributed by atoms with Gasteiger partial charge in [0.25, 0.3) is 5.91 Å². The van der Waals surface area contributed by atoms with Crippen molar-refractivity contribution < 1.29 is 9.59 Å². The van der Waals surface area contributed by atoms with E-state index in [-0.39, 0.29) is 24.4 Å². The molecule has 1 aromatic carbocycles. The Morgan fingerprint density at radius 1 is 1.30 bits per heavy atom. The monoisotopic (exact) mass is 273 g/mol. The van der Waals surface area contributed by atoms with Crippen LogP contribution < -0.4 is 5.32 Å². The molecule has 20 heavy (non-hydrogen) atoms. The van der Waals surface area contributed by atoms with Gasteiger partial charge >= 0.3 is 0 Å². The highest BCUT2D eigenvalue weighted by atomic mass is 16.2. The van der Waals surface area contributed by atoms with Gasteiger partial charge < -0.3 is 15.2 Å². The summed E-state index contributed by atoms with van der Waals surface area (Å²) in [7, 11) is 1.63. The molecule has 0 aliphatic rings. The molecule has 0 unspecified atom stereocenters. The number of H-pyrrole nitrogens is 1. The Morgan fingerprint density at radius 2 is 2.05 bits per heavy atom. The van der Waals surface area contributed by atoms with Gasteiger partial charge in [-0.1, -0.05) is 0 Å². The lowest BCUT2D eigenvalue weighted by molar-refractivity contribution is -0.122. The highest BCUT2D eigenvalue weighted by molar-refractivity contribution is 5.99. The van der Waals surface area contributed by atoms with E-state index < -0.39 is 0 Å². The first-order valence-electron chi connectivity index (χ1n) is 6.59. The van der Waals surface area contributed by atoms with Crippen molar-refractivity contribution >= 4 is 22.7 Å². The number of amides is 2. The minimum Gasteiger partial charge on any atom is -0.361 e. The van der Waals surface area contributed by atoms with Crippen LogP contribution in [0.5, 0.6) is 0 Å². The number of rotatable bonds is 4. The summed E-state index contributed by atoms with van der Waals surface area (Å²) in [4.78, 5) is 28.4. The number of carbonyl (C=O) groups is 2. The second kappa shape index (κ2) is 5.77. The zero-order valence-electron chi connectivity index (χ0n) is 11.9. The van der Waals surface area contributed by atoms with Crippen LogP contribution in [0.15, 0.2) is 30.5 Å². The molecule has 5 nitrogen and oxygen atoms in total. The van der Waals surface area contributed by atoms with E-state index in [9.17, 15) is 9.59 Å². The molecule has 1 aromatic heterocycles. The van der Waals surface area contributed by atoms with Crippen LogP contribution in [0.4, 0.5) is 0 Å². The number of benzene rings is 1. The number of aromatic amines is 1. The largest absolute Gasteiger partial charge is 0.361 e. The molecule has 0 bridgehead atoms. The van der Waals surface area contributed by atoms with Gasteiger partial charge in [-0.15, -0.1) is 0 Å². The highest BCUT2D eigenvalue weighted by Crippen LogP contribution is 2.15. The molecule has 0 fully saturated rings. The molecule has 0 saturated heterocycles. The van der Waals surface area contributed by atoms with Gasteiger partial charge in [0, 0.05) is 35.8 Å². The standard InChI is InChI=1S/C15H19N3O2/c1-10(2)17-14(19)9-18(3)15(20)12-4-5-13-11(8-12)6-7-16-13/h4-8,10,16H,9H2,1-3H3,(H,17,19). The normalized spacial score (nSPS) is 10.8. The minimum atomic E-state index is -0.160. The molecule has 0 aliphatic carbocycles. The van der Waals surface area contributed by atoms with E-state index in [4.69, 9.17) is 0 Å². The number of carbonyl (C=O) groups excluding carboxylic acids is 2. The molecule has 0 spiro atoms. The lowest BCUT2D eigenvalue weighted by Gasteiger charge is -2.18. The number of nitrogens with zero attached hydrogens (tertiary/aromatic N) is 1. The van der Waals surface area contributed by atoms with Gasteiger partial charge in [-0.25, -0.2) is 0 Å². The zero-order chi connectivity index (χ0) is 14.7. The summed E-state index contributed by atoms with van der Waals surface area (Å²) in [6, 6.07) is 7.44. The quantitative estimate of drug-likeness (QED) is 0.891. The van der Waals surface area contributed by atoms with Crippen molar-refractivity contribution in [2.24, 2.45) is 0 Å². The van der Waals surface area contributed by atoms with Crippen LogP contribution in [0.2, 0.25) is 0 Å². The van der Waals surface area contributed by atoms with E-state index in [1.807, 2.05) is 38.2 Å². The molecule has 0 aliphatic heterocycles. The SMILES string of the molecule is CC(C)NC(=O)CN(C)C(=O)c1ccc2[nH]ccc2c1. The summed E-state index contributed by atoms with van der Waals surface area (Å²) < 4.78 is 0. The van der Waals surface area contributed by atoms with Crippen molar-refractivity contribution in [2.45, 2.75) is 19.9 Å². The third-order valence-corrected chi connectivity index (χ3v) is 2.98. The Morgan fingerprint density at radius 3 is 2.75 bits per heavy atom. The number of nitrogens with one attached hydrogen (secondary N) is 2. The van der Waals surface area contributed by atoms with Gasteiger partial charge in [-0.2, -0.15) is 0 Å². The van der Waals surface area contributed by atoms with Gasteiger partial charge in [0.2, 0.25) is 5.91 Å². The molecule has 2 aromatic rings. The Labute approximate surface area is 118 Å². The number of hydrogen-bond acceptors (Lipinski definition) is 2. The molecule has 2 amide bonds. The van der Waals surface area contributed by atoms with Crippen molar-refractivity contribution in [1.29, 1.82) is 0 Å². The van der Waals surface area contributed by atoms with Crippen LogP contribution in [0.3, 0.4) is 0 Å². The van der Waals surface area contributed by atoms with E-state index >= 15 is 0 Å². The summed E-state index contributed by atoms with van der Waals surface area (Å²) in [5.74, 6) is -0.314. The minimum absolute atomic E-state index is 0.0577. The summed E-state index contributed by atoms with van der Waals surface area (Å²) in [5.41, 5.74) is 1.57. The zero-order valence-corrected chi connectivity index (χ0v) is 11.9. The molecule has 0 atom stereocenters. The van der Waals surface area contributed by atoms with Crippen LogP contribution >= 0.6 is 0 Å². The third kappa shape index (κ3) is 3.17. The van der Waals surface area contributed by atoms with E-state index in [1.54, 1.807) is 13.1 Å². The Hall–Kier alpha value is -2.30. The lowest BCUT2D eigenvalue weighted by Crippen LogP contribution is -2.40. The topological polar surface area (TPSA) is 65.2 Å². The second-order valence-corrected chi connectivity index (χ2v) is 5.16. The molecule has 2 N–H and O–H groups in total. The summed E-state index contributed by atoms with van der Waals surface area (Å²) in [6.07, 6.45) is 1.83. The van der Waals surface area contributed by atoms with Crippen molar-refractivity contribution in [2.75, 3.05) is 13.6 Å². The van der Waals surface area contributed by atoms with Crippen molar-refractivity contribution in [3.63, 3.8) is 0 Å². The van der Waals surface area contributed by atoms with Crippen LogP contribution in [-0.2, 0) is 4.79 Å². The molecule has 0 saturated carbocycles. The molecule has 1 heterocycles. The van der Waals surface area contributed by atoms with Gasteiger partial charge in [-0.3, -0.25) is 9.59 Å².